The number of piperidine rings is 1. The summed E-state index contributed by atoms with van der Waals surface area (Å²) in [6, 6.07) is 3.58. The molecule has 1 aromatic rings. The molecular weight excluding hydrogens is 270 g/mol. The van der Waals surface area contributed by atoms with Gasteiger partial charge in [0.1, 0.15) is 0 Å². The molecule has 0 aromatic carbocycles. The van der Waals surface area contributed by atoms with Crippen molar-refractivity contribution < 1.29 is 9.53 Å². The first-order chi connectivity index (χ1) is 10.1. The third kappa shape index (κ3) is 4.12. The van der Waals surface area contributed by atoms with Crippen LogP contribution in [0, 0.1) is 0 Å². The van der Waals surface area contributed by atoms with Gasteiger partial charge >= 0.3 is 0 Å². The number of ether oxygens (including phenoxy) is 1. The van der Waals surface area contributed by atoms with Crippen LogP contribution in [0.2, 0.25) is 0 Å². The van der Waals surface area contributed by atoms with E-state index in [0.29, 0.717) is 18.8 Å². The van der Waals surface area contributed by atoms with Gasteiger partial charge in [-0.15, -0.1) is 10.2 Å². The minimum absolute atomic E-state index is 0.136. The molecule has 2 rings (SSSR count). The number of anilines is 1. The summed E-state index contributed by atoms with van der Waals surface area (Å²) in [6.07, 6.45) is 2.20. The highest BCUT2D eigenvalue weighted by Crippen LogP contribution is 2.19. The van der Waals surface area contributed by atoms with Crippen molar-refractivity contribution >= 4 is 11.7 Å². The number of aromatic nitrogens is 2. The van der Waals surface area contributed by atoms with Crippen LogP contribution in [0.4, 0.5) is 5.82 Å². The zero-order valence-electron chi connectivity index (χ0n) is 12.7. The van der Waals surface area contributed by atoms with E-state index in [1.807, 2.05) is 6.07 Å². The van der Waals surface area contributed by atoms with Crippen molar-refractivity contribution in [2.45, 2.75) is 18.9 Å². The molecule has 21 heavy (non-hydrogen) atoms. The maximum Gasteiger partial charge on any atom is 0.273 e. The molecule has 0 unspecified atom stereocenters. The molecule has 7 heteroatoms. The van der Waals surface area contributed by atoms with Gasteiger partial charge in [-0.05, 0) is 25.0 Å². The van der Waals surface area contributed by atoms with E-state index in [-0.39, 0.29) is 12.0 Å². The van der Waals surface area contributed by atoms with Gasteiger partial charge in [-0.25, -0.2) is 0 Å². The number of nitrogens with zero attached hydrogens (tertiary/aromatic N) is 4. The van der Waals surface area contributed by atoms with Crippen LogP contribution in [0.5, 0.6) is 0 Å². The van der Waals surface area contributed by atoms with E-state index in [1.54, 1.807) is 20.2 Å². The third-order valence-corrected chi connectivity index (χ3v) is 3.51. The molecule has 0 bridgehead atoms. The number of nitrogens with two attached hydrogens (primary N) is 1. The summed E-state index contributed by atoms with van der Waals surface area (Å²) in [7, 11) is 3.40. The lowest BCUT2D eigenvalue weighted by atomic mass is 10.1. The largest absolute Gasteiger partial charge is 0.377 e. The minimum Gasteiger partial charge on any atom is -0.377 e. The monoisotopic (exact) mass is 293 g/mol. The van der Waals surface area contributed by atoms with E-state index < -0.39 is 0 Å². The molecule has 1 amide bonds. The lowest BCUT2D eigenvalue weighted by molar-refractivity contribution is 0.0421. The van der Waals surface area contributed by atoms with Crippen molar-refractivity contribution in [1.29, 1.82) is 0 Å². The molecule has 0 spiro atoms. The minimum atomic E-state index is -0.136. The van der Waals surface area contributed by atoms with Gasteiger partial charge in [0.25, 0.3) is 5.91 Å². The Kier molecular flexibility index (Phi) is 5.46. The quantitative estimate of drug-likeness (QED) is 0.830. The first kappa shape index (κ1) is 15.7. The molecule has 2 N–H and O–H groups in total. The molecule has 1 aromatic heterocycles. The standard InChI is InChI=1S/C14H23N5O2/c1-18(2)14(20)12-3-4-13(17-16-12)19-8-5-11(6-9-19)21-10-7-15/h3-4,11H,5-10,15H2,1-2H3. The summed E-state index contributed by atoms with van der Waals surface area (Å²) in [5.41, 5.74) is 5.80. The van der Waals surface area contributed by atoms with Gasteiger partial charge in [-0.2, -0.15) is 0 Å². The number of rotatable bonds is 5. The summed E-state index contributed by atoms with van der Waals surface area (Å²) >= 11 is 0. The second-order valence-corrected chi connectivity index (χ2v) is 5.32. The zero-order chi connectivity index (χ0) is 15.2. The van der Waals surface area contributed by atoms with E-state index in [2.05, 4.69) is 15.1 Å². The molecule has 1 aliphatic rings. The molecule has 0 radical (unpaired) electrons. The number of amides is 1. The maximum atomic E-state index is 11.8. The average Bonchev–Trinajstić information content (AvgIpc) is 2.53. The number of hydrogen-bond acceptors (Lipinski definition) is 6. The van der Waals surface area contributed by atoms with Crippen LogP contribution >= 0.6 is 0 Å². The number of hydrogen-bond donors (Lipinski definition) is 1. The predicted octanol–water partition coefficient (Wildman–Crippen LogP) is 0.123. The molecule has 2 heterocycles. The van der Waals surface area contributed by atoms with Gasteiger partial charge in [0.15, 0.2) is 11.5 Å². The van der Waals surface area contributed by atoms with Crippen LogP contribution in [-0.4, -0.2) is 67.4 Å². The summed E-state index contributed by atoms with van der Waals surface area (Å²) < 4.78 is 5.66. The van der Waals surface area contributed by atoms with Gasteiger partial charge in [0, 0.05) is 33.7 Å². The molecule has 7 nitrogen and oxygen atoms in total. The van der Waals surface area contributed by atoms with E-state index in [4.69, 9.17) is 10.5 Å². The maximum absolute atomic E-state index is 11.8. The Bertz CT molecular complexity index is 455. The van der Waals surface area contributed by atoms with Gasteiger partial charge in [-0.1, -0.05) is 0 Å². The summed E-state index contributed by atoms with van der Waals surface area (Å²) in [4.78, 5) is 15.4. The fraction of sp³-hybridized carbons (Fsp3) is 0.643. The molecule has 0 aliphatic carbocycles. The molecule has 0 saturated carbocycles. The van der Waals surface area contributed by atoms with Crippen LogP contribution in [0.1, 0.15) is 23.3 Å². The van der Waals surface area contributed by atoms with Gasteiger partial charge in [0.2, 0.25) is 0 Å². The SMILES string of the molecule is CN(C)C(=O)c1ccc(N2CCC(OCCN)CC2)nn1. The summed E-state index contributed by atoms with van der Waals surface area (Å²) in [6.45, 7) is 2.94. The first-order valence-electron chi connectivity index (χ1n) is 7.24. The Labute approximate surface area is 125 Å². The predicted molar refractivity (Wildman–Crippen MR) is 80.3 cm³/mol. The Balaban J connectivity index is 1.90. The average molecular weight is 293 g/mol. The summed E-state index contributed by atoms with van der Waals surface area (Å²) in [5.74, 6) is 0.672. The molecule has 0 atom stereocenters. The van der Waals surface area contributed by atoms with E-state index >= 15 is 0 Å². The highest BCUT2D eigenvalue weighted by molar-refractivity contribution is 5.91. The highest BCUT2D eigenvalue weighted by atomic mass is 16.5. The Morgan fingerprint density at radius 1 is 1.38 bits per heavy atom. The molecule has 1 aliphatic heterocycles. The van der Waals surface area contributed by atoms with E-state index in [9.17, 15) is 4.79 Å². The molecule has 1 fully saturated rings. The van der Waals surface area contributed by atoms with Crippen LogP contribution in [0.15, 0.2) is 12.1 Å². The lowest BCUT2D eigenvalue weighted by Crippen LogP contribution is -2.38. The fourth-order valence-corrected chi connectivity index (χ4v) is 2.32. The van der Waals surface area contributed by atoms with Crippen LogP contribution in [0.3, 0.4) is 0 Å². The normalized spacial score (nSPS) is 16.0. The van der Waals surface area contributed by atoms with Gasteiger partial charge in [-0.3, -0.25) is 4.79 Å². The fourth-order valence-electron chi connectivity index (χ4n) is 2.32. The highest BCUT2D eigenvalue weighted by Gasteiger charge is 2.21. The Hall–Kier alpha value is -1.73. The van der Waals surface area contributed by atoms with Crippen molar-refractivity contribution in [2.24, 2.45) is 5.73 Å². The smallest absolute Gasteiger partial charge is 0.273 e. The topological polar surface area (TPSA) is 84.6 Å². The molecule has 116 valence electrons. The van der Waals surface area contributed by atoms with E-state index in [0.717, 1.165) is 31.7 Å². The van der Waals surface area contributed by atoms with E-state index in [1.165, 1.54) is 4.90 Å². The van der Waals surface area contributed by atoms with Crippen molar-refractivity contribution in [3.63, 3.8) is 0 Å². The van der Waals surface area contributed by atoms with Gasteiger partial charge in [0.05, 0.1) is 12.7 Å². The third-order valence-electron chi connectivity index (χ3n) is 3.51. The van der Waals surface area contributed by atoms with Crippen LogP contribution in [-0.2, 0) is 4.74 Å². The second kappa shape index (κ2) is 7.33. The number of carbonyl (C=O) groups excluding carboxylic acids is 1. The Morgan fingerprint density at radius 2 is 2.10 bits per heavy atom. The van der Waals surface area contributed by atoms with Crippen LogP contribution in [0.25, 0.3) is 0 Å². The molecular formula is C14H23N5O2. The lowest BCUT2D eigenvalue weighted by Gasteiger charge is -2.32. The summed E-state index contributed by atoms with van der Waals surface area (Å²) in [5, 5.41) is 8.17. The van der Waals surface area contributed by atoms with Crippen molar-refractivity contribution in [1.82, 2.24) is 15.1 Å². The number of carbonyl (C=O) groups is 1. The van der Waals surface area contributed by atoms with Crippen LogP contribution < -0.4 is 10.6 Å². The Morgan fingerprint density at radius 3 is 2.62 bits per heavy atom. The first-order valence-corrected chi connectivity index (χ1v) is 7.24. The van der Waals surface area contributed by atoms with Gasteiger partial charge < -0.3 is 20.3 Å². The van der Waals surface area contributed by atoms with Crippen molar-refractivity contribution in [3.8, 4) is 0 Å². The molecule has 1 saturated heterocycles. The second-order valence-electron chi connectivity index (χ2n) is 5.32. The zero-order valence-corrected chi connectivity index (χ0v) is 12.7. The van der Waals surface area contributed by atoms with Crippen molar-refractivity contribution in [2.75, 3.05) is 45.2 Å². The van der Waals surface area contributed by atoms with Crippen molar-refractivity contribution in [3.05, 3.63) is 17.8 Å².